The van der Waals surface area contributed by atoms with Crippen molar-refractivity contribution in [2.45, 2.75) is 37.7 Å². The van der Waals surface area contributed by atoms with E-state index in [2.05, 4.69) is 0 Å². The second-order valence-corrected chi connectivity index (χ2v) is 6.69. The third kappa shape index (κ3) is 5.62. The van der Waals surface area contributed by atoms with Crippen molar-refractivity contribution >= 4 is 33.5 Å². The highest BCUT2D eigenvalue weighted by Gasteiger charge is 2.34. The Morgan fingerprint density at radius 2 is 1.88 bits per heavy atom. The lowest BCUT2D eigenvalue weighted by molar-refractivity contribution is -0.157. The predicted octanol–water partition coefficient (Wildman–Crippen LogP) is 1.12. The maximum Gasteiger partial charge on any atom is 0.322 e. The topological polar surface area (TPSA) is 89.6 Å². The molecule has 0 spiro atoms. The van der Waals surface area contributed by atoms with Gasteiger partial charge in [-0.1, -0.05) is 21.6 Å². The Bertz CT molecular complexity index is 265. The number of carboxylic acids is 1. The highest BCUT2D eigenvalue weighted by Crippen LogP contribution is 2.28. The van der Waals surface area contributed by atoms with E-state index in [1.54, 1.807) is 27.0 Å². The van der Waals surface area contributed by atoms with E-state index in [0.29, 0.717) is 0 Å². The number of aliphatic carboxylic acids is 1. The second-order valence-electron chi connectivity index (χ2n) is 4.08. The highest BCUT2D eigenvalue weighted by molar-refractivity contribution is 8.76. The molecule has 0 rings (SSSR count). The highest BCUT2D eigenvalue weighted by atomic mass is 33.1. The molecule has 7 heteroatoms. The molecule has 3 N–H and O–H groups in total. The van der Waals surface area contributed by atoms with Gasteiger partial charge in [0.1, 0.15) is 16.9 Å². The number of carbonyl (C=O) groups excluding carboxylic acids is 1. The zero-order valence-electron chi connectivity index (χ0n) is 9.72. The van der Waals surface area contributed by atoms with E-state index in [4.69, 9.17) is 15.6 Å². The van der Waals surface area contributed by atoms with Crippen molar-refractivity contribution in [2.24, 2.45) is 5.73 Å². The lowest BCUT2D eigenvalue weighted by atomic mass is 10.1. The van der Waals surface area contributed by atoms with Gasteiger partial charge in [-0.2, -0.15) is 0 Å². The normalized spacial score (nSPS) is 15.3. The number of hydrogen-bond donors (Lipinski definition) is 2. The van der Waals surface area contributed by atoms with E-state index in [9.17, 15) is 9.59 Å². The summed E-state index contributed by atoms with van der Waals surface area (Å²) in [4.78, 5) is 22.4. The summed E-state index contributed by atoms with van der Waals surface area (Å²) < 4.78 is 5.11. The predicted molar refractivity (Wildman–Crippen MR) is 66.4 cm³/mol. The van der Waals surface area contributed by atoms with Crippen LogP contribution in [-0.4, -0.2) is 40.2 Å². The van der Waals surface area contributed by atoms with Gasteiger partial charge in [-0.3, -0.25) is 9.59 Å². The van der Waals surface area contributed by atoms with Crippen LogP contribution in [0.15, 0.2) is 0 Å². The second kappa shape index (κ2) is 6.36. The fourth-order valence-electron chi connectivity index (χ4n) is 0.839. The molecule has 0 saturated heterocycles. The number of carbonyl (C=O) groups is 2. The molecule has 0 aliphatic heterocycles. The Morgan fingerprint density at radius 3 is 2.19 bits per heavy atom. The molecule has 94 valence electrons. The fourth-order valence-corrected chi connectivity index (χ4v) is 2.63. The molecule has 1 unspecified atom stereocenters. The van der Waals surface area contributed by atoms with Gasteiger partial charge in [0.2, 0.25) is 0 Å². The Labute approximate surface area is 103 Å². The van der Waals surface area contributed by atoms with Gasteiger partial charge >= 0.3 is 11.9 Å². The van der Waals surface area contributed by atoms with E-state index in [-0.39, 0.29) is 0 Å². The Balaban J connectivity index is 4.65. The number of hydrogen-bond acceptors (Lipinski definition) is 6. The van der Waals surface area contributed by atoms with Crippen molar-refractivity contribution < 1.29 is 19.4 Å². The fraction of sp³-hybridized carbons (Fsp3) is 0.778. The van der Waals surface area contributed by atoms with Crippen LogP contribution in [0.1, 0.15) is 20.8 Å². The van der Waals surface area contributed by atoms with Crippen molar-refractivity contribution in [1.29, 1.82) is 0 Å². The molecule has 0 heterocycles. The maximum atomic E-state index is 11.7. The monoisotopic (exact) mass is 267 g/mol. The van der Waals surface area contributed by atoms with Gasteiger partial charge in [-0.05, 0) is 27.0 Å². The Kier molecular flexibility index (Phi) is 6.20. The SMILES string of the molecule is CSSC(C(=O)OC(C)(C)C)[C@H](N)C(=O)O. The quantitative estimate of drug-likeness (QED) is 0.570. The zero-order valence-corrected chi connectivity index (χ0v) is 11.4. The van der Waals surface area contributed by atoms with Crippen LogP contribution >= 0.6 is 21.6 Å². The molecular weight excluding hydrogens is 250 g/mol. The summed E-state index contributed by atoms with van der Waals surface area (Å²) in [6.45, 7) is 5.16. The molecule has 0 bridgehead atoms. The summed E-state index contributed by atoms with van der Waals surface area (Å²) in [6.07, 6.45) is 1.75. The van der Waals surface area contributed by atoms with Crippen molar-refractivity contribution in [3.63, 3.8) is 0 Å². The van der Waals surface area contributed by atoms with E-state index in [0.717, 1.165) is 10.8 Å². The van der Waals surface area contributed by atoms with Crippen molar-refractivity contribution in [3.05, 3.63) is 0 Å². The summed E-state index contributed by atoms with van der Waals surface area (Å²) in [5, 5.41) is 7.87. The first-order valence-electron chi connectivity index (χ1n) is 4.59. The minimum Gasteiger partial charge on any atom is -0.480 e. The van der Waals surface area contributed by atoms with Gasteiger partial charge in [0.25, 0.3) is 0 Å². The van der Waals surface area contributed by atoms with Crippen LogP contribution in [0.2, 0.25) is 0 Å². The average Bonchev–Trinajstić information content (AvgIpc) is 2.09. The number of nitrogens with two attached hydrogens (primary N) is 1. The van der Waals surface area contributed by atoms with Crippen molar-refractivity contribution in [2.75, 3.05) is 6.26 Å². The third-order valence-corrected chi connectivity index (χ3v) is 3.54. The van der Waals surface area contributed by atoms with Crippen LogP contribution in [0.4, 0.5) is 0 Å². The number of ether oxygens (including phenoxy) is 1. The molecule has 0 aromatic carbocycles. The summed E-state index contributed by atoms with van der Waals surface area (Å²) in [5.41, 5.74) is 4.79. The summed E-state index contributed by atoms with van der Waals surface area (Å²) in [7, 11) is 2.38. The van der Waals surface area contributed by atoms with Crippen molar-refractivity contribution in [3.8, 4) is 0 Å². The molecule has 2 atom stereocenters. The molecule has 0 aliphatic rings. The number of carboxylic acid groups (broad SMARTS) is 1. The van der Waals surface area contributed by atoms with Crippen molar-refractivity contribution in [1.82, 2.24) is 0 Å². The van der Waals surface area contributed by atoms with Crippen LogP contribution in [0, 0.1) is 0 Å². The first-order valence-corrected chi connectivity index (χ1v) is 7.22. The van der Waals surface area contributed by atoms with Gasteiger partial charge in [0.15, 0.2) is 0 Å². The molecule has 0 amide bonds. The largest absolute Gasteiger partial charge is 0.480 e. The third-order valence-electron chi connectivity index (χ3n) is 1.45. The average molecular weight is 267 g/mol. The number of esters is 1. The standard InChI is InChI=1S/C9H17NO4S2/c1-9(2,3)14-8(13)6(16-15-4)5(10)7(11)12/h5-6H,10H2,1-4H3,(H,11,12)/t5-,6?/m0/s1. The maximum absolute atomic E-state index is 11.7. The smallest absolute Gasteiger partial charge is 0.322 e. The molecule has 0 radical (unpaired) electrons. The Hall–Kier alpha value is -0.400. The van der Waals surface area contributed by atoms with Gasteiger partial charge in [-0.15, -0.1) is 0 Å². The van der Waals surface area contributed by atoms with E-state index in [1.807, 2.05) is 0 Å². The van der Waals surface area contributed by atoms with Crippen LogP contribution in [0.25, 0.3) is 0 Å². The number of rotatable bonds is 5. The zero-order chi connectivity index (χ0) is 12.9. The van der Waals surface area contributed by atoms with Gasteiger partial charge in [0, 0.05) is 0 Å². The van der Waals surface area contributed by atoms with E-state index >= 15 is 0 Å². The minimum absolute atomic E-state index is 0.596. The molecule has 0 aromatic rings. The van der Waals surface area contributed by atoms with Crippen LogP contribution in [0.5, 0.6) is 0 Å². The molecule has 5 nitrogen and oxygen atoms in total. The van der Waals surface area contributed by atoms with Crippen LogP contribution in [-0.2, 0) is 14.3 Å². The van der Waals surface area contributed by atoms with Gasteiger partial charge < -0.3 is 15.6 Å². The van der Waals surface area contributed by atoms with Gasteiger partial charge in [-0.25, -0.2) is 0 Å². The Morgan fingerprint density at radius 1 is 1.38 bits per heavy atom. The molecule has 0 aliphatic carbocycles. The molecule has 0 fully saturated rings. The summed E-state index contributed by atoms with van der Waals surface area (Å²) in [6, 6.07) is -1.26. The lowest BCUT2D eigenvalue weighted by Crippen LogP contribution is -2.46. The first kappa shape index (κ1) is 15.6. The first-order chi connectivity index (χ1) is 7.19. The molecule has 16 heavy (non-hydrogen) atoms. The molecule has 0 saturated carbocycles. The molecular formula is C9H17NO4S2. The van der Waals surface area contributed by atoms with Gasteiger partial charge in [0.05, 0.1) is 0 Å². The molecule has 0 aromatic heterocycles. The summed E-state index contributed by atoms with van der Waals surface area (Å²) in [5.74, 6) is -1.81. The van der Waals surface area contributed by atoms with Crippen LogP contribution < -0.4 is 5.73 Å². The van der Waals surface area contributed by atoms with E-state index in [1.165, 1.54) is 10.8 Å². The van der Waals surface area contributed by atoms with Crippen LogP contribution in [0.3, 0.4) is 0 Å². The summed E-state index contributed by atoms with van der Waals surface area (Å²) >= 11 is 0. The van der Waals surface area contributed by atoms with E-state index < -0.39 is 28.8 Å². The lowest BCUT2D eigenvalue weighted by Gasteiger charge is -2.24. The minimum atomic E-state index is -1.26.